The van der Waals surface area contributed by atoms with Crippen LogP contribution in [0.15, 0.2) is 23.0 Å². The Hall–Kier alpha value is -1.56. The number of fused-ring (bicyclic) bond motifs is 3. The first kappa shape index (κ1) is 15.8. The van der Waals surface area contributed by atoms with Crippen LogP contribution in [-0.2, 0) is 11.2 Å². The minimum Gasteiger partial charge on any atom is -0.487 e. The first-order chi connectivity index (χ1) is 9.69. The number of nitrogens with two attached hydrogens (primary N) is 1. The highest BCUT2D eigenvalue weighted by atomic mass is 35.5. The molecule has 6 heteroatoms. The van der Waals surface area contributed by atoms with Crippen molar-refractivity contribution in [3.05, 3.63) is 39.7 Å². The molecule has 0 bridgehead atoms. The molecule has 114 valence electrons. The summed E-state index contributed by atoms with van der Waals surface area (Å²) in [7, 11) is 0. The van der Waals surface area contributed by atoms with Crippen LogP contribution in [0.1, 0.15) is 11.1 Å². The van der Waals surface area contributed by atoms with Crippen LogP contribution in [0.5, 0.6) is 5.75 Å². The van der Waals surface area contributed by atoms with Crippen molar-refractivity contribution in [3.63, 3.8) is 0 Å². The number of hydrogen-bond donors (Lipinski definition) is 2. The highest BCUT2D eigenvalue weighted by Crippen LogP contribution is 2.37. The fraction of sp³-hybridized carbons (Fsp3) is 0.400. The monoisotopic (exact) mass is 310 g/mol. The molecule has 1 atom stereocenters. The Bertz CT molecular complexity index is 699. The summed E-state index contributed by atoms with van der Waals surface area (Å²) in [4.78, 5) is 14.3. The van der Waals surface area contributed by atoms with Gasteiger partial charge < -0.3 is 20.2 Å². The van der Waals surface area contributed by atoms with Crippen molar-refractivity contribution in [2.24, 2.45) is 5.73 Å². The van der Waals surface area contributed by atoms with Crippen molar-refractivity contribution in [1.82, 2.24) is 4.98 Å². The van der Waals surface area contributed by atoms with E-state index in [1.54, 1.807) is 0 Å². The number of hydrogen-bond acceptors (Lipinski definition) is 4. The van der Waals surface area contributed by atoms with Gasteiger partial charge in [-0.05, 0) is 24.1 Å². The lowest BCUT2D eigenvalue weighted by molar-refractivity contribution is 0.0653. The number of benzene rings is 1. The molecule has 0 spiro atoms. The number of nitrogens with one attached hydrogen (secondary N) is 1. The van der Waals surface area contributed by atoms with Crippen LogP contribution < -0.4 is 16.0 Å². The summed E-state index contributed by atoms with van der Waals surface area (Å²) in [5, 5.41) is 0.959. The van der Waals surface area contributed by atoms with Gasteiger partial charge in [-0.1, -0.05) is 6.07 Å². The molecule has 1 unspecified atom stereocenters. The van der Waals surface area contributed by atoms with Gasteiger partial charge in [0.05, 0.1) is 18.7 Å². The highest BCUT2D eigenvalue weighted by molar-refractivity contribution is 5.89. The third kappa shape index (κ3) is 3.05. The van der Waals surface area contributed by atoms with E-state index in [2.05, 4.69) is 11.1 Å². The SMILES string of the molecule is Cc1cc2c(c3ccc(=O)[nH]c13)OC(COCCN)C2.Cl. The number of aryl methyl sites for hydroxylation is 1. The van der Waals surface area contributed by atoms with Crippen molar-refractivity contribution in [3.8, 4) is 5.75 Å². The van der Waals surface area contributed by atoms with Crippen LogP contribution in [0.4, 0.5) is 0 Å². The normalized spacial score (nSPS) is 16.4. The maximum absolute atomic E-state index is 11.4. The van der Waals surface area contributed by atoms with Crippen LogP contribution in [0.2, 0.25) is 0 Å². The lowest BCUT2D eigenvalue weighted by Gasteiger charge is -2.11. The Morgan fingerprint density at radius 1 is 1.48 bits per heavy atom. The number of aromatic nitrogens is 1. The molecule has 2 heterocycles. The highest BCUT2D eigenvalue weighted by Gasteiger charge is 2.25. The summed E-state index contributed by atoms with van der Waals surface area (Å²) in [6, 6.07) is 5.43. The van der Waals surface area contributed by atoms with Crippen LogP contribution in [0.25, 0.3) is 10.9 Å². The van der Waals surface area contributed by atoms with Crippen molar-refractivity contribution in [1.29, 1.82) is 0 Å². The summed E-state index contributed by atoms with van der Waals surface area (Å²) >= 11 is 0. The van der Waals surface area contributed by atoms with E-state index in [1.165, 1.54) is 11.6 Å². The van der Waals surface area contributed by atoms with Crippen LogP contribution in [0.3, 0.4) is 0 Å². The second kappa shape index (κ2) is 6.47. The van der Waals surface area contributed by atoms with E-state index < -0.39 is 0 Å². The number of halogens is 1. The third-order valence-electron chi connectivity index (χ3n) is 3.54. The fourth-order valence-electron chi connectivity index (χ4n) is 2.68. The first-order valence-corrected chi connectivity index (χ1v) is 6.79. The van der Waals surface area contributed by atoms with Gasteiger partial charge in [0, 0.05) is 24.4 Å². The first-order valence-electron chi connectivity index (χ1n) is 6.79. The largest absolute Gasteiger partial charge is 0.487 e. The molecule has 0 saturated heterocycles. The number of pyridine rings is 1. The third-order valence-corrected chi connectivity index (χ3v) is 3.54. The molecule has 0 fully saturated rings. The van der Waals surface area contributed by atoms with Gasteiger partial charge in [-0.15, -0.1) is 12.4 Å². The molecule has 1 aromatic heterocycles. The van der Waals surface area contributed by atoms with Gasteiger partial charge in [0.15, 0.2) is 0 Å². The number of H-pyrrole nitrogens is 1. The van der Waals surface area contributed by atoms with Crippen LogP contribution >= 0.6 is 12.4 Å². The quantitative estimate of drug-likeness (QED) is 0.840. The van der Waals surface area contributed by atoms with Crippen molar-refractivity contribution in [2.45, 2.75) is 19.4 Å². The van der Waals surface area contributed by atoms with E-state index >= 15 is 0 Å². The minimum absolute atomic E-state index is 0. The van der Waals surface area contributed by atoms with Gasteiger partial charge in [0.25, 0.3) is 0 Å². The standard InChI is InChI=1S/C15H18N2O3.ClH/c1-9-6-10-7-11(8-19-5-4-16)20-15(10)12-2-3-13(18)17-14(9)12;/h2-3,6,11H,4-5,7-8,16H2,1H3,(H,17,18);1H. The molecule has 0 radical (unpaired) electrons. The van der Waals surface area contributed by atoms with Crippen molar-refractivity contribution < 1.29 is 9.47 Å². The lowest BCUT2D eigenvalue weighted by atomic mass is 10.0. The molecule has 1 aliphatic rings. The summed E-state index contributed by atoms with van der Waals surface area (Å²) in [5.74, 6) is 0.864. The zero-order chi connectivity index (χ0) is 14.1. The maximum Gasteiger partial charge on any atom is 0.248 e. The number of rotatable bonds is 4. The molecule has 1 aromatic carbocycles. The van der Waals surface area contributed by atoms with Gasteiger partial charge in [-0.2, -0.15) is 0 Å². The summed E-state index contributed by atoms with van der Waals surface area (Å²) in [6.45, 7) is 3.60. The molecule has 2 aromatic rings. The summed E-state index contributed by atoms with van der Waals surface area (Å²) in [5.41, 5.74) is 8.39. The van der Waals surface area contributed by atoms with E-state index in [0.717, 1.165) is 28.6 Å². The summed E-state index contributed by atoms with van der Waals surface area (Å²) < 4.78 is 11.4. The maximum atomic E-state index is 11.4. The average molecular weight is 311 g/mol. The predicted molar refractivity (Wildman–Crippen MR) is 84.5 cm³/mol. The van der Waals surface area contributed by atoms with E-state index in [4.69, 9.17) is 15.2 Å². The number of aromatic amines is 1. The minimum atomic E-state index is -0.0959. The Labute approximate surface area is 128 Å². The zero-order valence-electron chi connectivity index (χ0n) is 11.8. The Morgan fingerprint density at radius 2 is 2.29 bits per heavy atom. The molecule has 0 saturated carbocycles. The Kier molecular flexibility index (Phi) is 4.88. The van der Waals surface area contributed by atoms with Crippen molar-refractivity contribution in [2.75, 3.05) is 19.8 Å². The molecule has 5 nitrogen and oxygen atoms in total. The van der Waals surface area contributed by atoms with Gasteiger partial charge >= 0.3 is 0 Å². The van der Waals surface area contributed by atoms with E-state index in [1.807, 2.05) is 13.0 Å². The van der Waals surface area contributed by atoms with Gasteiger partial charge in [-0.25, -0.2) is 0 Å². The topological polar surface area (TPSA) is 77.3 Å². The molecule has 3 rings (SSSR count). The molecular weight excluding hydrogens is 292 g/mol. The Balaban J connectivity index is 0.00000161. The molecule has 0 aliphatic carbocycles. The zero-order valence-corrected chi connectivity index (χ0v) is 12.7. The molecule has 1 aliphatic heterocycles. The second-order valence-corrected chi connectivity index (χ2v) is 5.10. The molecule has 0 amide bonds. The molecular formula is C15H19ClN2O3. The smallest absolute Gasteiger partial charge is 0.248 e. The molecule has 21 heavy (non-hydrogen) atoms. The van der Waals surface area contributed by atoms with Crippen molar-refractivity contribution >= 4 is 23.3 Å². The van der Waals surface area contributed by atoms with E-state index in [0.29, 0.717) is 19.8 Å². The van der Waals surface area contributed by atoms with Gasteiger partial charge in [0.1, 0.15) is 11.9 Å². The predicted octanol–water partition coefficient (Wildman–Crippen LogP) is 1.54. The van der Waals surface area contributed by atoms with Gasteiger partial charge in [-0.3, -0.25) is 4.79 Å². The lowest BCUT2D eigenvalue weighted by Crippen LogP contribution is -2.22. The second-order valence-electron chi connectivity index (χ2n) is 5.10. The summed E-state index contributed by atoms with van der Waals surface area (Å²) in [6.07, 6.45) is 0.851. The van der Waals surface area contributed by atoms with Gasteiger partial charge in [0.2, 0.25) is 5.56 Å². The van der Waals surface area contributed by atoms with E-state index in [9.17, 15) is 4.79 Å². The number of ether oxygens (including phenoxy) is 2. The Morgan fingerprint density at radius 3 is 3.05 bits per heavy atom. The average Bonchev–Trinajstić information content (AvgIpc) is 2.82. The van der Waals surface area contributed by atoms with Crippen LogP contribution in [0, 0.1) is 6.92 Å². The van der Waals surface area contributed by atoms with Crippen LogP contribution in [-0.4, -0.2) is 30.8 Å². The fourth-order valence-corrected chi connectivity index (χ4v) is 2.68. The molecule has 3 N–H and O–H groups in total. The van der Waals surface area contributed by atoms with E-state index in [-0.39, 0.29) is 24.1 Å².